The molecule has 1 amide bonds. The molecule has 27 heavy (non-hydrogen) atoms. The van der Waals surface area contributed by atoms with Crippen LogP contribution in [0.25, 0.3) is 6.08 Å². The molecule has 1 aliphatic heterocycles. The van der Waals surface area contributed by atoms with Crippen LogP contribution in [0, 0.1) is 5.92 Å². The predicted molar refractivity (Wildman–Crippen MR) is 109 cm³/mol. The normalized spacial score (nSPS) is 16.5. The van der Waals surface area contributed by atoms with Crippen LogP contribution in [-0.2, 0) is 14.8 Å². The van der Waals surface area contributed by atoms with E-state index in [0.717, 1.165) is 11.3 Å². The highest BCUT2D eigenvalue weighted by Crippen LogP contribution is 2.24. The van der Waals surface area contributed by atoms with Crippen molar-refractivity contribution in [3.63, 3.8) is 0 Å². The summed E-state index contributed by atoms with van der Waals surface area (Å²) in [5, 5.41) is 1.25. The Hall–Kier alpha value is -2.44. The number of anilines is 1. The molecule has 0 N–H and O–H groups in total. The summed E-state index contributed by atoms with van der Waals surface area (Å²) >= 11 is 0. The number of piperidine rings is 1. The molecule has 0 aromatic heterocycles. The monoisotopic (exact) mass is 384 g/mol. The van der Waals surface area contributed by atoms with Crippen molar-refractivity contribution in [2.45, 2.75) is 12.8 Å². The number of para-hydroxylation sites is 1. The Morgan fingerprint density at radius 2 is 1.56 bits per heavy atom. The van der Waals surface area contributed by atoms with Gasteiger partial charge in [0.2, 0.25) is 15.9 Å². The van der Waals surface area contributed by atoms with Crippen molar-refractivity contribution < 1.29 is 13.2 Å². The van der Waals surface area contributed by atoms with Crippen molar-refractivity contribution in [3.8, 4) is 0 Å². The lowest BCUT2D eigenvalue weighted by atomic mass is 9.96. The molecule has 3 rings (SSSR count). The molecule has 0 bridgehead atoms. The largest absolute Gasteiger partial charge is 0.315 e. The Morgan fingerprint density at radius 3 is 2.15 bits per heavy atom. The summed E-state index contributed by atoms with van der Waals surface area (Å²) in [6, 6.07) is 18.8. The number of hydrogen-bond acceptors (Lipinski definition) is 3. The zero-order valence-corrected chi connectivity index (χ0v) is 16.2. The van der Waals surface area contributed by atoms with Gasteiger partial charge >= 0.3 is 0 Å². The Balaban J connectivity index is 1.59. The SMILES string of the molecule is CN(C(=O)C1CCN(S(=O)(=O)/C=C/c2ccccc2)CC1)c1ccccc1. The first-order chi connectivity index (χ1) is 13.0. The van der Waals surface area contributed by atoms with Gasteiger partial charge in [0.25, 0.3) is 0 Å². The van der Waals surface area contributed by atoms with Gasteiger partial charge in [-0.15, -0.1) is 0 Å². The summed E-state index contributed by atoms with van der Waals surface area (Å²) in [4.78, 5) is 14.4. The van der Waals surface area contributed by atoms with Crippen molar-refractivity contribution in [2.24, 2.45) is 5.92 Å². The molecule has 142 valence electrons. The van der Waals surface area contributed by atoms with Crippen LogP contribution in [0.5, 0.6) is 0 Å². The molecule has 0 spiro atoms. The van der Waals surface area contributed by atoms with Crippen LogP contribution in [-0.4, -0.2) is 38.8 Å². The van der Waals surface area contributed by atoms with Crippen molar-refractivity contribution in [3.05, 3.63) is 71.6 Å². The summed E-state index contributed by atoms with van der Waals surface area (Å²) in [6.45, 7) is 0.723. The molecule has 0 aliphatic carbocycles. The lowest BCUT2D eigenvalue weighted by Crippen LogP contribution is -2.43. The third-order valence-corrected chi connectivity index (χ3v) is 6.43. The number of nitrogens with zero attached hydrogens (tertiary/aromatic N) is 2. The summed E-state index contributed by atoms with van der Waals surface area (Å²) in [5.74, 6) is -0.113. The third kappa shape index (κ3) is 4.84. The van der Waals surface area contributed by atoms with Crippen LogP contribution in [0.3, 0.4) is 0 Å². The number of carbonyl (C=O) groups is 1. The number of carbonyl (C=O) groups excluding carboxylic acids is 1. The molecule has 0 saturated carbocycles. The fraction of sp³-hybridized carbons (Fsp3) is 0.286. The molecule has 2 aromatic rings. The molecule has 0 atom stereocenters. The lowest BCUT2D eigenvalue weighted by molar-refractivity contribution is -0.123. The maximum Gasteiger partial charge on any atom is 0.236 e. The molecule has 1 saturated heterocycles. The highest BCUT2D eigenvalue weighted by molar-refractivity contribution is 7.92. The number of sulfonamides is 1. The Morgan fingerprint density at radius 1 is 1.00 bits per heavy atom. The van der Waals surface area contributed by atoms with Crippen LogP contribution in [0.15, 0.2) is 66.1 Å². The topological polar surface area (TPSA) is 57.7 Å². The maximum absolute atomic E-state index is 12.7. The van der Waals surface area contributed by atoms with Crippen molar-refractivity contribution in [1.29, 1.82) is 0 Å². The van der Waals surface area contributed by atoms with E-state index in [0.29, 0.717) is 25.9 Å². The van der Waals surface area contributed by atoms with Crippen LogP contribution >= 0.6 is 0 Å². The molecular weight excluding hydrogens is 360 g/mol. The standard InChI is InChI=1S/C21H24N2O3S/c1-22(20-10-6-3-7-11-20)21(24)19-12-15-23(16-13-19)27(25,26)17-14-18-8-4-2-5-9-18/h2-11,14,17,19H,12-13,15-16H2,1H3/b17-14+. The minimum absolute atomic E-state index is 0.0399. The van der Waals surface area contributed by atoms with Gasteiger partial charge < -0.3 is 4.90 Å². The minimum Gasteiger partial charge on any atom is -0.315 e. The first-order valence-electron chi connectivity index (χ1n) is 9.03. The summed E-state index contributed by atoms with van der Waals surface area (Å²) in [6.07, 6.45) is 2.68. The summed E-state index contributed by atoms with van der Waals surface area (Å²) < 4.78 is 26.5. The van der Waals surface area contributed by atoms with Crippen molar-refractivity contribution >= 4 is 27.7 Å². The van der Waals surface area contributed by atoms with E-state index in [-0.39, 0.29) is 11.8 Å². The fourth-order valence-corrected chi connectivity index (χ4v) is 4.45. The van der Waals surface area contributed by atoms with Gasteiger partial charge in [0.05, 0.1) is 0 Å². The Bertz CT molecular complexity index is 888. The van der Waals surface area contributed by atoms with Gasteiger partial charge in [-0.05, 0) is 36.6 Å². The van der Waals surface area contributed by atoms with Crippen LogP contribution in [0.2, 0.25) is 0 Å². The van der Waals surface area contributed by atoms with Gasteiger partial charge in [0.15, 0.2) is 0 Å². The number of amides is 1. The van der Waals surface area contributed by atoms with Gasteiger partial charge in [-0.1, -0.05) is 48.5 Å². The average molecular weight is 385 g/mol. The predicted octanol–water partition coefficient (Wildman–Crippen LogP) is 3.36. The Labute approximate surface area is 161 Å². The molecule has 0 unspecified atom stereocenters. The first-order valence-corrected chi connectivity index (χ1v) is 10.5. The first kappa shape index (κ1) is 19.3. The molecule has 0 radical (unpaired) electrons. The van der Waals surface area contributed by atoms with E-state index in [2.05, 4.69) is 0 Å². The summed E-state index contributed by atoms with van der Waals surface area (Å²) in [7, 11) is -1.71. The molecular formula is C21H24N2O3S. The third-order valence-electron chi connectivity index (χ3n) is 4.87. The van der Waals surface area contributed by atoms with Crippen LogP contribution < -0.4 is 4.90 Å². The molecule has 6 heteroatoms. The summed E-state index contributed by atoms with van der Waals surface area (Å²) in [5.41, 5.74) is 1.69. The van der Waals surface area contributed by atoms with Crippen molar-refractivity contribution in [1.82, 2.24) is 4.31 Å². The van der Waals surface area contributed by atoms with Crippen molar-refractivity contribution in [2.75, 3.05) is 25.0 Å². The second-order valence-electron chi connectivity index (χ2n) is 6.66. The number of benzene rings is 2. The van der Waals surface area contributed by atoms with Gasteiger partial charge in [-0.25, -0.2) is 8.42 Å². The molecule has 1 heterocycles. The molecule has 5 nitrogen and oxygen atoms in total. The molecule has 1 aliphatic rings. The zero-order chi connectivity index (χ0) is 19.3. The lowest BCUT2D eigenvalue weighted by Gasteiger charge is -2.31. The van der Waals surface area contributed by atoms with E-state index in [1.807, 2.05) is 60.7 Å². The zero-order valence-electron chi connectivity index (χ0n) is 15.4. The van der Waals surface area contributed by atoms with E-state index in [1.54, 1.807) is 18.0 Å². The number of hydrogen-bond donors (Lipinski definition) is 0. The highest BCUT2D eigenvalue weighted by Gasteiger charge is 2.31. The average Bonchev–Trinajstić information content (AvgIpc) is 2.73. The van der Waals surface area contributed by atoms with E-state index in [4.69, 9.17) is 0 Å². The molecule has 2 aromatic carbocycles. The minimum atomic E-state index is -3.48. The van der Waals surface area contributed by atoms with Gasteiger partial charge in [0.1, 0.15) is 0 Å². The van der Waals surface area contributed by atoms with E-state index < -0.39 is 10.0 Å². The van der Waals surface area contributed by atoms with E-state index >= 15 is 0 Å². The van der Waals surface area contributed by atoms with Crippen LogP contribution in [0.4, 0.5) is 5.69 Å². The fourth-order valence-electron chi connectivity index (χ4n) is 3.22. The van der Waals surface area contributed by atoms with Gasteiger partial charge in [-0.3, -0.25) is 4.79 Å². The van der Waals surface area contributed by atoms with Crippen LogP contribution in [0.1, 0.15) is 18.4 Å². The quantitative estimate of drug-likeness (QED) is 0.794. The Kier molecular flexibility index (Phi) is 6.08. The molecule has 1 fully saturated rings. The number of rotatable bonds is 5. The van der Waals surface area contributed by atoms with Gasteiger partial charge in [-0.2, -0.15) is 4.31 Å². The highest BCUT2D eigenvalue weighted by atomic mass is 32.2. The van der Waals surface area contributed by atoms with Gasteiger partial charge in [0, 0.05) is 37.2 Å². The second-order valence-corrected chi connectivity index (χ2v) is 8.48. The second kappa shape index (κ2) is 8.50. The van der Waals surface area contributed by atoms with E-state index in [9.17, 15) is 13.2 Å². The maximum atomic E-state index is 12.7. The smallest absolute Gasteiger partial charge is 0.236 e. The van der Waals surface area contributed by atoms with E-state index in [1.165, 1.54) is 9.71 Å².